The Bertz CT molecular complexity index is 555. The van der Waals surface area contributed by atoms with E-state index in [0.717, 1.165) is 21.0 Å². The van der Waals surface area contributed by atoms with Gasteiger partial charge in [0.15, 0.2) is 0 Å². The molecule has 0 atom stereocenters. The molecule has 1 aromatic heterocycles. The molecule has 0 aliphatic carbocycles. The van der Waals surface area contributed by atoms with E-state index in [1.54, 1.807) is 11.3 Å². The lowest BCUT2D eigenvalue weighted by atomic mass is 10.1. The Labute approximate surface area is 111 Å². The molecular weight excluding hydrogens is 244 g/mol. The zero-order valence-electron chi connectivity index (χ0n) is 10.8. The first-order valence-electron chi connectivity index (χ1n) is 5.82. The Hall–Kier alpha value is -1.68. The number of hydrogen-bond acceptors (Lipinski definition) is 3. The second-order valence-electron chi connectivity index (χ2n) is 4.40. The van der Waals surface area contributed by atoms with Crippen LogP contribution in [0.2, 0.25) is 0 Å². The number of aromatic nitrogens is 1. The maximum atomic E-state index is 12.0. The Kier molecular flexibility index (Phi) is 3.77. The molecule has 0 unspecified atom stereocenters. The van der Waals surface area contributed by atoms with E-state index >= 15 is 0 Å². The van der Waals surface area contributed by atoms with Crippen molar-refractivity contribution < 1.29 is 4.79 Å². The maximum Gasteiger partial charge on any atom is 0.251 e. The zero-order valence-corrected chi connectivity index (χ0v) is 11.6. The molecule has 0 bridgehead atoms. The minimum absolute atomic E-state index is 0.0344. The fourth-order valence-corrected chi connectivity index (χ4v) is 2.60. The molecule has 1 amide bonds. The van der Waals surface area contributed by atoms with E-state index < -0.39 is 0 Å². The van der Waals surface area contributed by atoms with Crippen molar-refractivity contribution in [1.29, 1.82) is 0 Å². The summed E-state index contributed by atoms with van der Waals surface area (Å²) in [5, 5.41) is 3.93. The minimum atomic E-state index is -0.0344. The summed E-state index contributed by atoms with van der Waals surface area (Å²) in [5.74, 6) is -0.0344. The molecule has 1 heterocycles. The third-order valence-electron chi connectivity index (χ3n) is 2.58. The third-order valence-corrected chi connectivity index (χ3v) is 3.49. The topological polar surface area (TPSA) is 42.0 Å². The van der Waals surface area contributed by atoms with Gasteiger partial charge in [0.05, 0.1) is 11.6 Å². The fraction of sp³-hybridized carbons (Fsp3) is 0.286. The third kappa shape index (κ3) is 3.17. The average molecular weight is 260 g/mol. The molecule has 0 saturated carbocycles. The second-order valence-corrected chi connectivity index (χ2v) is 5.72. The molecule has 0 fully saturated rings. The highest BCUT2D eigenvalue weighted by atomic mass is 32.1. The van der Waals surface area contributed by atoms with Gasteiger partial charge in [-0.15, -0.1) is 11.3 Å². The van der Waals surface area contributed by atoms with Gasteiger partial charge in [-0.3, -0.25) is 4.79 Å². The summed E-state index contributed by atoms with van der Waals surface area (Å²) < 4.78 is 0. The van der Waals surface area contributed by atoms with Crippen LogP contribution in [0.25, 0.3) is 0 Å². The highest BCUT2D eigenvalue weighted by Gasteiger charge is 2.07. The van der Waals surface area contributed by atoms with Gasteiger partial charge in [0, 0.05) is 16.6 Å². The van der Waals surface area contributed by atoms with Gasteiger partial charge in [-0.25, -0.2) is 4.98 Å². The van der Waals surface area contributed by atoms with E-state index in [0.29, 0.717) is 12.1 Å². The van der Waals surface area contributed by atoms with Gasteiger partial charge in [0.2, 0.25) is 0 Å². The zero-order chi connectivity index (χ0) is 13.1. The standard InChI is InChI=1S/C14H16N2OS/c1-9-4-10(2)6-12(5-9)14(17)16-8-13-7-15-11(3)18-13/h4-7H,8H2,1-3H3,(H,16,17). The second kappa shape index (κ2) is 5.31. The Morgan fingerprint density at radius 3 is 2.44 bits per heavy atom. The van der Waals surface area contributed by atoms with E-state index in [1.165, 1.54) is 0 Å². The van der Waals surface area contributed by atoms with Crippen molar-refractivity contribution in [3.05, 3.63) is 51.0 Å². The van der Waals surface area contributed by atoms with Gasteiger partial charge in [-0.1, -0.05) is 17.2 Å². The largest absolute Gasteiger partial charge is 0.347 e. The molecule has 3 nitrogen and oxygen atoms in total. The van der Waals surface area contributed by atoms with Gasteiger partial charge < -0.3 is 5.32 Å². The van der Waals surface area contributed by atoms with Crippen LogP contribution in [0.3, 0.4) is 0 Å². The Morgan fingerprint density at radius 1 is 1.22 bits per heavy atom. The smallest absolute Gasteiger partial charge is 0.251 e. The van der Waals surface area contributed by atoms with E-state index in [4.69, 9.17) is 0 Å². The number of carbonyl (C=O) groups excluding carboxylic acids is 1. The normalized spacial score (nSPS) is 10.4. The summed E-state index contributed by atoms with van der Waals surface area (Å²) in [6.45, 7) is 6.49. The van der Waals surface area contributed by atoms with Gasteiger partial charge in [0.1, 0.15) is 0 Å². The van der Waals surface area contributed by atoms with E-state index in [9.17, 15) is 4.79 Å². The average Bonchev–Trinajstić information content (AvgIpc) is 2.70. The first kappa shape index (κ1) is 12.8. The predicted octanol–water partition coefficient (Wildman–Crippen LogP) is 3.00. The summed E-state index contributed by atoms with van der Waals surface area (Å²) in [4.78, 5) is 17.2. The molecule has 2 aromatic rings. The lowest BCUT2D eigenvalue weighted by Crippen LogP contribution is -2.22. The van der Waals surface area contributed by atoms with Crippen LogP contribution in [-0.2, 0) is 6.54 Å². The van der Waals surface area contributed by atoms with Crippen molar-refractivity contribution in [3.63, 3.8) is 0 Å². The molecule has 0 spiro atoms. The number of carbonyl (C=O) groups is 1. The van der Waals surface area contributed by atoms with Crippen molar-refractivity contribution >= 4 is 17.2 Å². The first-order valence-corrected chi connectivity index (χ1v) is 6.64. The number of thiazole rings is 1. The number of aryl methyl sites for hydroxylation is 3. The molecule has 0 saturated heterocycles. The molecule has 18 heavy (non-hydrogen) atoms. The van der Waals surface area contributed by atoms with Crippen molar-refractivity contribution in [2.75, 3.05) is 0 Å². The summed E-state index contributed by atoms with van der Waals surface area (Å²) in [5.41, 5.74) is 2.93. The molecule has 0 radical (unpaired) electrons. The maximum absolute atomic E-state index is 12.0. The summed E-state index contributed by atoms with van der Waals surface area (Å²) in [6, 6.07) is 5.86. The number of rotatable bonds is 3. The van der Waals surface area contributed by atoms with Crippen LogP contribution in [0.1, 0.15) is 31.4 Å². The Balaban J connectivity index is 2.03. The van der Waals surface area contributed by atoms with Crippen LogP contribution in [-0.4, -0.2) is 10.9 Å². The van der Waals surface area contributed by atoms with Gasteiger partial charge in [-0.2, -0.15) is 0 Å². The van der Waals surface area contributed by atoms with Crippen LogP contribution in [0.4, 0.5) is 0 Å². The number of nitrogens with zero attached hydrogens (tertiary/aromatic N) is 1. The minimum Gasteiger partial charge on any atom is -0.347 e. The fourth-order valence-electron chi connectivity index (χ4n) is 1.86. The SMILES string of the molecule is Cc1cc(C)cc(C(=O)NCc2cnc(C)s2)c1. The van der Waals surface area contributed by atoms with E-state index in [2.05, 4.69) is 16.4 Å². The highest BCUT2D eigenvalue weighted by molar-refractivity contribution is 7.11. The molecular formula is C14H16N2OS. The summed E-state index contributed by atoms with van der Waals surface area (Å²) >= 11 is 1.61. The molecule has 2 rings (SSSR count). The van der Waals surface area contributed by atoms with Crippen LogP contribution in [0.5, 0.6) is 0 Å². The molecule has 1 N–H and O–H groups in total. The first-order chi connectivity index (χ1) is 8.54. The molecule has 0 aliphatic rings. The molecule has 0 aliphatic heterocycles. The lowest BCUT2D eigenvalue weighted by Gasteiger charge is -2.05. The van der Waals surface area contributed by atoms with Crippen molar-refractivity contribution in [3.8, 4) is 0 Å². The molecule has 1 aromatic carbocycles. The monoisotopic (exact) mass is 260 g/mol. The Morgan fingerprint density at radius 2 is 1.89 bits per heavy atom. The van der Waals surface area contributed by atoms with Crippen molar-refractivity contribution in [2.45, 2.75) is 27.3 Å². The number of hydrogen-bond donors (Lipinski definition) is 1. The van der Waals surface area contributed by atoms with E-state index in [-0.39, 0.29) is 5.91 Å². The molecule has 4 heteroatoms. The van der Waals surface area contributed by atoms with Crippen LogP contribution < -0.4 is 5.32 Å². The van der Waals surface area contributed by atoms with Gasteiger partial charge >= 0.3 is 0 Å². The lowest BCUT2D eigenvalue weighted by molar-refractivity contribution is 0.0951. The summed E-state index contributed by atoms with van der Waals surface area (Å²) in [7, 11) is 0. The van der Waals surface area contributed by atoms with Crippen LogP contribution in [0, 0.1) is 20.8 Å². The highest BCUT2D eigenvalue weighted by Crippen LogP contribution is 2.12. The molecule has 94 valence electrons. The van der Waals surface area contributed by atoms with Crippen LogP contribution >= 0.6 is 11.3 Å². The summed E-state index contributed by atoms with van der Waals surface area (Å²) in [6.07, 6.45) is 1.81. The quantitative estimate of drug-likeness (QED) is 0.921. The van der Waals surface area contributed by atoms with Crippen molar-refractivity contribution in [2.24, 2.45) is 0 Å². The number of nitrogens with one attached hydrogen (secondary N) is 1. The van der Waals surface area contributed by atoms with Gasteiger partial charge in [0.25, 0.3) is 5.91 Å². The predicted molar refractivity (Wildman–Crippen MR) is 73.9 cm³/mol. The van der Waals surface area contributed by atoms with Gasteiger partial charge in [-0.05, 0) is 32.9 Å². The van der Waals surface area contributed by atoms with Crippen LogP contribution in [0.15, 0.2) is 24.4 Å². The number of amides is 1. The number of benzene rings is 1. The van der Waals surface area contributed by atoms with E-state index in [1.807, 2.05) is 39.1 Å². The van der Waals surface area contributed by atoms with Crippen molar-refractivity contribution in [1.82, 2.24) is 10.3 Å².